The van der Waals surface area contributed by atoms with Gasteiger partial charge in [-0.15, -0.1) is 0 Å². The Hall–Kier alpha value is -2.87. The predicted octanol–water partition coefficient (Wildman–Crippen LogP) is 3.40. The summed E-state index contributed by atoms with van der Waals surface area (Å²) < 4.78 is 26.0. The number of amides is 2. The molecular weight excluding hydrogens is 438 g/mol. The van der Waals surface area contributed by atoms with Crippen LogP contribution in [0, 0.1) is 13.8 Å². The summed E-state index contributed by atoms with van der Waals surface area (Å²) in [6.45, 7) is 8.45. The van der Waals surface area contributed by atoms with Crippen molar-refractivity contribution >= 4 is 27.5 Å². The van der Waals surface area contributed by atoms with E-state index in [1.807, 2.05) is 57.2 Å². The molecule has 0 aliphatic carbocycles. The highest BCUT2D eigenvalue weighted by Crippen LogP contribution is 2.20. The van der Waals surface area contributed by atoms with Gasteiger partial charge in [-0.1, -0.05) is 47.5 Å². The molecule has 0 heterocycles. The van der Waals surface area contributed by atoms with E-state index in [4.69, 9.17) is 0 Å². The van der Waals surface area contributed by atoms with Crippen molar-refractivity contribution in [3.8, 4) is 0 Å². The van der Waals surface area contributed by atoms with Crippen LogP contribution in [-0.2, 0) is 26.2 Å². The minimum Gasteiger partial charge on any atom is -0.355 e. The summed E-state index contributed by atoms with van der Waals surface area (Å²) in [6, 6.07) is 14.4. The molecule has 33 heavy (non-hydrogen) atoms. The number of rotatable bonds is 11. The molecule has 0 saturated heterocycles. The topological polar surface area (TPSA) is 86.8 Å². The molecule has 2 amide bonds. The third kappa shape index (κ3) is 7.89. The number of hydrogen-bond acceptors (Lipinski definition) is 4. The molecule has 0 aromatic heterocycles. The van der Waals surface area contributed by atoms with Crippen LogP contribution < -0.4 is 9.62 Å². The third-order valence-electron chi connectivity index (χ3n) is 5.47. The number of carbonyl (C=O) groups is 2. The van der Waals surface area contributed by atoms with E-state index in [9.17, 15) is 18.0 Å². The van der Waals surface area contributed by atoms with Crippen LogP contribution in [0.5, 0.6) is 0 Å². The fraction of sp³-hybridized carbons (Fsp3) is 0.440. The van der Waals surface area contributed by atoms with E-state index >= 15 is 0 Å². The second-order valence-electron chi connectivity index (χ2n) is 8.35. The van der Waals surface area contributed by atoms with Gasteiger partial charge in [-0.2, -0.15) is 0 Å². The van der Waals surface area contributed by atoms with Gasteiger partial charge in [-0.25, -0.2) is 8.42 Å². The van der Waals surface area contributed by atoms with Crippen LogP contribution in [0.2, 0.25) is 0 Å². The average molecular weight is 474 g/mol. The SMILES string of the molecule is CCNC(=O)C(C)N(Cc1ccc(C)cc1)C(=O)CCCN(c1ccc(C)cc1)S(C)(=O)=O. The van der Waals surface area contributed by atoms with Crippen molar-refractivity contribution in [1.82, 2.24) is 10.2 Å². The summed E-state index contributed by atoms with van der Waals surface area (Å²) in [5, 5.41) is 2.78. The molecule has 0 aliphatic rings. The third-order valence-corrected chi connectivity index (χ3v) is 6.66. The Labute approximate surface area is 197 Å². The molecular formula is C25H35N3O4S. The zero-order valence-electron chi connectivity index (χ0n) is 20.2. The number of hydrogen-bond donors (Lipinski definition) is 1. The van der Waals surface area contributed by atoms with Crippen LogP contribution >= 0.6 is 0 Å². The summed E-state index contributed by atoms with van der Waals surface area (Å²) in [6.07, 6.45) is 1.63. The maximum absolute atomic E-state index is 13.2. The van der Waals surface area contributed by atoms with E-state index in [2.05, 4.69) is 5.32 Å². The van der Waals surface area contributed by atoms with E-state index in [-0.39, 0.29) is 24.8 Å². The normalized spacial score (nSPS) is 12.2. The molecule has 1 unspecified atom stereocenters. The summed E-state index contributed by atoms with van der Waals surface area (Å²) in [7, 11) is -3.49. The Morgan fingerprint density at radius 2 is 1.52 bits per heavy atom. The van der Waals surface area contributed by atoms with Crippen molar-refractivity contribution in [1.29, 1.82) is 0 Å². The fourth-order valence-electron chi connectivity index (χ4n) is 3.51. The van der Waals surface area contributed by atoms with Crippen molar-refractivity contribution < 1.29 is 18.0 Å². The number of benzene rings is 2. The fourth-order valence-corrected chi connectivity index (χ4v) is 4.48. The molecule has 0 bridgehead atoms. The first kappa shape index (κ1) is 26.4. The smallest absolute Gasteiger partial charge is 0.242 e. The number of sulfonamides is 1. The van der Waals surface area contributed by atoms with E-state index in [1.54, 1.807) is 24.0 Å². The maximum atomic E-state index is 13.2. The number of aryl methyl sites for hydroxylation is 2. The number of likely N-dealkylation sites (N-methyl/N-ethyl adjacent to an activating group) is 1. The van der Waals surface area contributed by atoms with Crippen molar-refractivity contribution in [2.45, 2.75) is 53.1 Å². The molecule has 7 nitrogen and oxygen atoms in total. The first-order chi connectivity index (χ1) is 15.5. The molecule has 8 heteroatoms. The predicted molar refractivity (Wildman–Crippen MR) is 132 cm³/mol. The standard InChI is InChI=1S/C25H35N3O4S/c1-6-26-25(30)21(4)27(18-22-13-9-19(2)10-14-22)24(29)8-7-17-28(33(5,31)32)23-15-11-20(3)12-16-23/h9-16,21H,6-8,17-18H2,1-5H3,(H,26,30). The van der Waals surface area contributed by atoms with Gasteiger partial charge in [0, 0.05) is 26.1 Å². The second-order valence-corrected chi connectivity index (χ2v) is 10.3. The lowest BCUT2D eigenvalue weighted by molar-refractivity contribution is -0.140. The van der Waals surface area contributed by atoms with Crippen molar-refractivity contribution in [2.24, 2.45) is 0 Å². The Morgan fingerprint density at radius 1 is 0.970 bits per heavy atom. The quantitative estimate of drug-likeness (QED) is 0.542. The van der Waals surface area contributed by atoms with Gasteiger partial charge in [-0.3, -0.25) is 13.9 Å². The summed E-state index contributed by atoms with van der Waals surface area (Å²) in [4.78, 5) is 27.2. The highest BCUT2D eigenvalue weighted by Gasteiger charge is 2.26. The lowest BCUT2D eigenvalue weighted by Crippen LogP contribution is -2.47. The average Bonchev–Trinajstić information content (AvgIpc) is 2.76. The molecule has 2 aromatic rings. The first-order valence-electron chi connectivity index (χ1n) is 11.2. The molecule has 180 valence electrons. The van der Waals surface area contributed by atoms with Gasteiger partial charge in [0.1, 0.15) is 6.04 Å². The van der Waals surface area contributed by atoms with Gasteiger partial charge in [0.15, 0.2) is 0 Å². The minimum absolute atomic E-state index is 0.132. The van der Waals surface area contributed by atoms with Gasteiger partial charge < -0.3 is 10.2 Å². The van der Waals surface area contributed by atoms with E-state index in [0.29, 0.717) is 25.2 Å². The Balaban J connectivity index is 2.13. The largest absolute Gasteiger partial charge is 0.355 e. The highest BCUT2D eigenvalue weighted by molar-refractivity contribution is 7.92. The Bertz CT molecular complexity index is 1030. The maximum Gasteiger partial charge on any atom is 0.242 e. The zero-order valence-corrected chi connectivity index (χ0v) is 21.0. The highest BCUT2D eigenvalue weighted by atomic mass is 32.2. The van der Waals surface area contributed by atoms with E-state index < -0.39 is 16.1 Å². The first-order valence-corrected chi connectivity index (χ1v) is 13.0. The molecule has 1 atom stereocenters. The van der Waals surface area contributed by atoms with Crippen molar-refractivity contribution in [3.63, 3.8) is 0 Å². The van der Waals surface area contributed by atoms with Crippen LogP contribution in [0.3, 0.4) is 0 Å². The number of anilines is 1. The van der Waals surface area contributed by atoms with Gasteiger partial charge >= 0.3 is 0 Å². The summed E-state index contributed by atoms with van der Waals surface area (Å²) >= 11 is 0. The Morgan fingerprint density at radius 3 is 2.03 bits per heavy atom. The Kier molecular flexibility index (Phi) is 9.46. The molecule has 2 aromatic carbocycles. The zero-order chi connectivity index (χ0) is 24.6. The van der Waals surface area contributed by atoms with Crippen LogP contribution in [0.15, 0.2) is 48.5 Å². The minimum atomic E-state index is -3.49. The van der Waals surface area contributed by atoms with Crippen LogP contribution in [0.25, 0.3) is 0 Å². The van der Waals surface area contributed by atoms with Gasteiger partial charge in [0.2, 0.25) is 21.8 Å². The molecule has 0 radical (unpaired) electrons. The van der Waals surface area contributed by atoms with Crippen LogP contribution in [-0.4, -0.2) is 50.5 Å². The number of nitrogens with zero attached hydrogens (tertiary/aromatic N) is 2. The lowest BCUT2D eigenvalue weighted by atomic mass is 10.1. The van der Waals surface area contributed by atoms with Gasteiger partial charge in [0.05, 0.1) is 11.9 Å². The molecule has 2 rings (SSSR count). The van der Waals surface area contributed by atoms with Crippen LogP contribution in [0.4, 0.5) is 5.69 Å². The van der Waals surface area contributed by atoms with E-state index in [1.165, 1.54) is 4.31 Å². The molecule has 1 N–H and O–H groups in total. The second kappa shape index (κ2) is 11.8. The summed E-state index contributed by atoms with van der Waals surface area (Å²) in [5.41, 5.74) is 3.66. The number of nitrogens with one attached hydrogen (secondary N) is 1. The molecule has 0 saturated carbocycles. The van der Waals surface area contributed by atoms with Crippen molar-refractivity contribution in [3.05, 3.63) is 65.2 Å². The number of carbonyl (C=O) groups excluding carboxylic acids is 2. The van der Waals surface area contributed by atoms with Gasteiger partial charge in [-0.05, 0) is 51.8 Å². The van der Waals surface area contributed by atoms with Gasteiger partial charge in [0.25, 0.3) is 0 Å². The van der Waals surface area contributed by atoms with E-state index in [0.717, 1.165) is 22.9 Å². The van der Waals surface area contributed by atoms with Crippen LogP contribution in [0.1, 0.15) is 43.4 Å². The van der Waals surface area contributed by atoms with Crippen molar-refractivity contribution in [2.75, 3.05) is 23.7 Å². The monoisotopic (exact) mass is 473 g/mol. The molecule has 0 fully saturated rings. The summed E-state index contributed by atoms with van der Waals surface area (Å²) in [5.74, 6) is -0.401. The molecule has 0 spiro atoms. The lowest BCUT2D eigenvalue weighted by Gasteiger charge is -2.29. The molecule has 0 aliphatic heterocycles.